The molecule has 0 amide bonds. The van der Waals surface area contributed by atoms with Gasteiger partial charge in [0.05, 0.1) is 10.4 Å². The van der Waals surface area contributed by atoms with Crippen LogP contribution in [0.25, 0.3) is 0 Å². The van der Waals surface area contributed by atoms with Crippen LogP contribution in [0.15, 0.2) is 66.7 Å². The number of thiophene rings is 1. The maximum absolute atomic E-state index is 6.28. The van der Waals surface area contributed by atoms with Crippen LogP contribution in [-0.4, -0.2) is 0 Å². The van der Waals surface area contributed by atoms with E-state index in [-0.39, 0.29) is 6.04 Å². The number of benzene rings is 2. The molecule has 0 saturated heterocycles. The molecule has 1 nitrogen and oxygen atoms in total. The molecule has 0 aliphatic carbocycles. The van der Waals surface area contributed by atoms with E-state index in [1.807, 2.05) is 18.2 Å². The summed E-state index contributed by atoms with van der Waals surface area (Å²) in [6.45, 7) is 0. The standard InChI is InChI=1S/C18H16ClNS/c19-17-11-10-16(21-17)18(20)15-8-6-14(7-9-15)12-13-4-2-1-3-5-13/h1-11,18H,12,20H2. The maximum Gasteiger partial charge on any atom is 0.0931 e. The topological polar surface area (TPSA) is 26.0 Å². The highest BCUT2D eigenvalue weighted by molar-refractivity contribution is 7.16. The second-order valence-electron chi connectivity index (χ2n) is 5.02. The summed E-state index contributed by atoms with van der Waals surface area (Å²) in [5.74, 6) is 0. The molecule has 0 aliphatic heterocycles. The van der Waals surface area contributed by atoms with E-state index in [1.54, 1.807) is 0 Å². The molecule has 1 atom stereocenters. The van der Waals surface area contributed by atoms with Crippen LogP contribution in [0, 0.1) is 0 Å². The van der Waals surface area contributed by atoms with Crippen LogP contribution in [-0.2, 0) is 6.42 Å². The number of halogens is 1. The van der Waals surface area contributed by atoms with Crippen molar-refractivity contribution >= 4 is 22.9 Å². The SMILES string of the molecule is NC(c1ccc(Cc2ccccc2)cc1)c1ccc(Cl)s1. The Morgan fingerprint density at radius 3 is 2.14 bits per heavy atom. The highest BCUT2D eigenvalue weighted by Crippen LogP contribution is 2.29. The second kappa shape index (κ2) is 6.44. The third-order valence-electron chi connectivity index (χ3n) is 3.49. The Kier molecular flexibility index (Phi) is 4.39. The first-order valence-electron chi connectivity index (χ1n) is 6.86. The Labute approximate surface area is 134 Å². The molecule has 0 aliphatic rings. The van der Waals surface area contributed by atoms with Crippen LogP contribution in [0.3, 0.4) is 0 Å². The molecule has 0 fully saturated rings. The number of hydrogen-bond acceptors (Lipinski definition) is 2. The highest BCUT2D eigenvalue weighted by atomic mass is 35.5. The minimum atomic E-state index is -0.103. The lowest BCUT2D eigenvalue weighted by molar-refractivity contribution is 0.892. The van der Waals surface area contributed by atoms with E-state index < -0.39 is 0 Å². The number of rotatable bonds is 4. The zero-order valence-electron chi connectivity index (χ0n) is 11.5. The molecule has 2 aromatic carbocycles. The molecule has 0 bridgehead atoms. The molecule has 1 heterocycles. The summed E-state index contributed by atoms with van der Waals surface area (Å²) in [4.78, 5) is 1.09. The van der Waals surface area contributed by atoms with E-state index in [9.17, 15) is 0 Å². The Hall–Kier alpha value is -1.61. The summed E-state index contributed by atoms with van der Waals surface area (Å²) in [5, 5.41) is 0. The summed E-state index contributed by atoms with van der Waals surface area (Å²) in [6, 6.07) is 22.8. The van der Waals surface area contributed by atoms with E-state index in [4.69, 9.17) is 17.3 Å². The smallest absolute Gasteiger partial charge is 0.0931 e. The van der Waals surface area contributed by atoms with Crippen molar-refractivity contribution in [1.29, 1.82) is 0 Å². The predicted molar refractivity (Wildman–Crippen MR) is 91.0 cm³/mol. The predicted octanol–water partition coefficient (Wildman–Crippen LogP) is 5.04. The van der Waals surface area contributed by atoms with Gasteiger partial charge in [-0.1, -0.05) is 66.2 Å². The molecule has 21 heavy (non-hydrogen) atoms. The van der Waals surface area contributed by atoms with Crippen molar-refractivity contribution in [1.82, 2.24) is 0 Å². The van der Waals surface area contributed by atoms with Gasteiger partial charge in [0.25, 0.3) is 0 Å². The van der Waals surface area contributed by atoms with Gasteiger partial charge in [-0.25, -0.2) is 0 Å². The van der Waals surface area contributed by atoms with Gasteiger partial charge in [-0.05, 0) is 35.2 Å². The largest absolute Gasteiger partial charge is 0.320 e. The maximum atomic E-state index is 6.28. The molecular formula is C18H16ClNS. The molecule has 0 radical (unpaired) electrons. The van der Waals surface area contributed by atoms with Gasteiger partial charge in [0, 0.05) is 4.88 Å². The van der Waals surface area contributed by atoms with Crippen LogP contribution in [0.1, 0.15) is 27.6 Å². The Morgan fingerprint density at radius 1 is 0.857 bits per heavy atom. The zero-order chi connectivity index (χ0) is 14.7. The van der Waals surface area contributed by atoms with Gasteiger partial charge in [0.1, 0.15) is 0 Å². The number of hydrogen-bond donors (Lipinski definition) is 1. The van der Waals surface area contributed by atoms with E-state index in [0.29, 0.717) is 0 Å². The van der Waals surface area contributed by atoms with Gasteiger partial charge in [0.15, 0.2) is 0 Å². The summed E-state index contributed by atoms with van der Waals surface area (Å²) in [5.41, 5.74) is 10.0. The van der Waals surface area contributed by atoms with Gasteiger partial charge in [-0.2, -0.15) is 0 Å². The minimum Gasteiger partial charge on any atom is -0.320 e. The third kappa shape index (κ3) is 3.53. The Morgan fingerprint density at radius 2 is 1.52 bits per heavy atom. The van der Waals surface area contributed by atoms with Gasteiger partial charge < -0.3 is 5.73 Å². The van der Waals surface area contributed by atoms with Crippen molar-refractivity contribution in [3.8, 4) is 0 Å². The molecule has 0 saturated carbocycles. The monoisotopic (exact) mass is 313 g/mol. The molecule has 1 aromatic heterocycles. The third-order valence-corrected chi connectivity index (χ3v) is 4.80. The van der Waals surface area contributed by atoms with Gasteiger partial charge in [-0.3, -0.25) is 0 Å². The normalized spacial score (nSPS) is 12.3. The lowest BCUT2D eigenvalue weighted by atomic mass is 10.0. The average Bonchev–Trinajstić information content (AvgIpc) is 2.95. The molecule has 1 unspecified atom stereocenters. The van der Waals surface area contributed by atoms with Crippen LogP contribution in [0.5, 0.6) is 0 Å². The molecule has 3 rings (SSSR count). The van der Waals surface area contributed by atoms with E-state index in [1.165, 1.54) is 22.5 Å². The van der Waals surface area contributed by atoms with Crippen molar-refractivity contribution in [3.05, 3.63) is 92.6 Å². The van der Waals surface area contributed by atoms with E-state index in [2.05, 4.69) is 48.5 Å². The van der Waals surface area contributed by atoms with Crippen molar-refractivity contribution < 1.29 is 0 Å². The summed E-state index contributed by atoms with van der Waals surface area (Å²) >= 11 is 7.51. The molecule has 2 N–H and O–H groups in total. The first kappa shape index (κ1) is 14.3. The fraction of sp³-hybridized carbons (Fsp3) is 0.111. The van der Waals surface area contributed by atoms with Crippen molar-refractivity contribution in [2.45, 2.75) is 12.5 Å². The van der Waals surface area contributed by atoms with Gasteiger partial charge in [0.2, 0.25) is 0 Å². The molecule has 3 heteroatoms. The Balaban J connectivity index is 1.75. The summed E-state index contributed by atoms with van der Waals surface area (Å²) < 4.78 is 0.779. The lowest BCUT2D eigenvalue weighted by Gasteiger charge is -2.11. The van der Waals surface area contributed by atoms with E-state index >= 15 is 0 Å². The molecule has 3 aromatic rings. The highest BCUT2D eigenvalue weighted by Gasteiger charge is 2.11. The average molecular weight is 314 g/mol. The first-order valence-corrected chi connectivity index (χ1v) is 8.05. The Bertz CT molecular complexity index is 704. The lowest BCUT2D eigenvalue weighted by Crippen LogP contribution is -2.10. The summed E-state index contributed by atoms with van der Waals surface area (Å²) in [6.07, 6.45) is 0.946. The molecule has 0 spiro atoms. The quantitative estimate of drug-likeness (QED) is 0.717. The van der Waals surface area contributed by atoms with E-state index in [0.717, 1.165) is 21.2 Å². The van der Waals surface area contributed by atoms with Crippen LogP contribution >= 0.6 is 22.9 Å². The van der Waals surface area contributed by atoms with Crippen molar-refractivity contribution in [2.75, 3.05) is 0 Å². The fourth-order valence-corrected chi connectivity index (χ4v) is 3.42. The second-order valence-corrected chi connectivity index (χ2v) is 6.77. The van der Waals surface area contributed by atoms with Crippen molar-refractivity contribution in [3.63, 3.8) is 0 Å². The summed E-state index contributed by atoms with van der Waals surface area (Å²) in [7, 11) is 0. The fourth-order valence-electron chi connectivity index (χ4n) is 2.33. The van der Waals surface area contributed by atoms with Crippen LogP contribution in [0.4, 0.5) is 0 Å². The van der Waals surface area contributed by atoms with Crippen LogP contribution in [0.2, 0.25) is 4.34 Å². The molecular weight excluding hydrogens is 298 g/mol. The van der Waals surface area contributed by atoms with Crippen molar-refractivity contribution in [2.24, 2.45) is 5.73 Å². The van der Waals surface area contributed by atoms with Gasteiger partial charge >= 0.3 is 0 Å². The van der Waals surface area contributed by atoms with Gasteiger partial charge in [-0.15, -0.1) is 11.3 Å². The van der Waals surface area contributed by atoms with Crippen LogP contribution < -0.4 is 5.73 Å². The zero-order valence-corrected chi connectivity index (χ0v) is 13.1. The minimum absolute atomic E-state index is 0.103. The first-order chi connectivity index (χ1) is 10.2. The molecule has 106 valence electrons. The number of nitrogens with two attached hydrogens (primary N) is 1.